The molecule has 0 bridgehead atoms. The van der Waals surface area contributed by atoms with Gasteiger partial charge in [-0.2, -0.15) is 5.26 Å². The molecule has 23 heavy (non-hydrogen) atoms. The maximum Gasteiger partial charge on any atom is 0.271 e. The molecule has 2 aromatic rings. The third kappa shape index (κ3) is 3.22. The van der Waals surface area contributed by atoms with Gasteiger partial charge in [0.05, 0.1) is 26.7 Å². The van der Waals surface area contributed by atoms with E-state index in [-0.39, 0.29) is 38.8 Å². The van der Waals surface area contributed by atoms with Gasteiger partial charge in [0.2, 0.25) is 5.91 Å². The normalized spacial score (nSPS) is 11.1. The lowest BCUT2D eigenvalue weighted by atomic mass is 9.95. The Morgan fingerprint density at radius 2 is 2.09 bits per heavy atom. The number of nitrogens with zero attached hydrogens (tertiary/aromatic N) is 3. The van der Waals surface area contributed by atoms with Crippen molar-refractivity contribution in [2.24, 2.45) is 5.41 Å². The summed E-state index contributed by atoms with van der Waals surface area (Å²) in [5, 5.41) is 23.2. The van der Waals surface area contributed by atoms with E-state index in [0.29, 0.717) is 0 Å². The Kier molecular flexibility index (Phi) is 4.21. The second-order valence-corrected chi connectivity index (χ2v) is 6.35. The molecular formula is C15H13ClN4O3. The number of aromatic nitrogens is 1. The average Bonchev–Trinajstić information content (AvgIpc) is 2.46. The Morgan fingerprint density at radius 1 is 1.43 bits per heavy atom. The number of nitriles is 1. The molecule has 0 saturated heterocycles. The molecule has 2 rings (SSSR count). The topological polar surface area (TPSA) is 109 Å². The minimum Gasteiger partial charge on any atom is -0.324 e. The molecule has 0 radical (unpaired) electrons. The number of pyridine rings is 1. The second kappa shape index (κ2) is 5.82. The molecule has 0 aliphatic heterocycles. The van der Waals surface area contributed by atoms with Gasteiger partial charge in [0, 0.05) is 29.1 Å². The Hall–Kier alpha value is -2.72. The fourth-order valence-electron chi connectivity index (χ4n) is 1.87. The maximum absolute atomic E-state index is 12.2. The minimum absolute atomic E-state index is 0.0740. The number of rotatable bonds is 2. The Labute approximate surface area is 137 Å². The van der Waals surface area contributed by atoms with Crippen LogP contribution in [0.1, 0.15) is 26.3 Å². The van der Waals surface area contributed by atoms with Crippen molar-refractivity contribution in [3.63, 3.8) is 0 Å². The van der Waals surface area contributed by atoms with E-state index < -0.39 is 10.3 Å². The molecule has 8 heteroatoms. The van der Waals surface area contributed by atoms with E-state index in [4.69, 9.17) is 11.6 Å². The summed E-state index contributed by atoms with van der Waals surface area (Å²) >= 11 is 6.04. The average molecular weight is 333 g/mol. The predicted molar refractivity (Wildman–Crippen MR) is 86.2 cm³/mol. The van der Waals surface area contributed by atoms with Crippen molar-refractivity contribution in [2.45, 2.75) is 20.8 Å². The first-order valence-corrected chi connectivity index (χ1v) is 7.01. The van der Waals surface area contributed by atoms with Crippen LogP contribution in [-0.2, 0) is 4.79 Å². The number of nitro benzene ring substituents is 1. The number of benzene rings is 1. The molecule has 0 fully saturated rings. The summed E-state index contributed by atoms with van der Waals surface area (Å²) in [6, 6.07) is 4.34. The zero-order valence-electron chi connectivity index (χ0n) is 12.7. The van der Waals surface area contributed by atoms with Gasteiger partial charge < -0.3 is 5.32 Å². The molecule has 0 aliphatic rings. The summed E-state index contributed by atoms with van der Waals surface area (Å²) in [6.45, 7) is 5.15. The highest BCUT2D eigenvalue weighted by molar-refractivity contribution is 6.35. The van der Waals surface area contributed by atoms with E-state index in [1.807, 2.05) is 6.07 Å². The molecule has 0 unspecified atom stereocenters. The summed E-state index contributed by atoms with van der Waals surface area (Å²) in [7, 11) is 0. The van der Waals surface area contributed by atoms with Crippen molar-refractivity contribution in [3.05, 3.63) is 39.0 Å². The number of fused-ring (bicyclic) bond motifs is 1. The third-order valence-electron chi connectivity index (χ3n) is 3.16. The Bertz CT molecular complexity index is 866. The molecular weight excluding hydrogens is 320 g/mol. The molecule has 1 aromatic heterocycles. The molecule has 0 aliphatic carbocycles. The largest absolute Gasteiger partial charge is 0.324 e. The number of anilines is 1. The zero-order valence-corrected chi connectivity index (χ0v) is 13.4. The summed E-state index contributed by atoms with van der Waals surface area (Å²) in [5.41, 5.74) is -0.395. The molecule has 1 aromatic carbocycles. The number of carbonyl (C=O) groups excluding carboxylic acids is 1. The van der Waals surface area contributed by atoms with Gasteiger partial charge in [-0.1, -0.05) is 32.4 Å². The number of amides is 1. The van der Waals surface area contributed by atoms with Crippen molar-refractivity contribution in [1.82, 2.24) is 4.98 Å². The molecule has 0 atom stereocenters. The first-order chi connectivity index (χ1) is 10.6. The van der Waals surface area contributed by atoms with Crippen molar-refractivity contribution in [2.75, 3.05) is 5.32 Å². The van der Waals surface area contributed by atoms with E-state index in [2.05, 4.69) is 10.3 Å². The summed E-state index contributed by atoms with van der Waals surface area (Å²) in [6.07, 6.45) is 1.28. The second-order valence-electron chi connectivity index (χ2n) is 5.94. The minimum atomic E-state index is -0.702. The maximum atomic E-state index is 12.2. The van der Waals surface area contributed by atoms with Crippen molar-refractivity contribution >= 4 is 39.8 Å². The first kappa shape index (κ1) is 16.6. The molecule has 1 N–H and O–H groups in total. The third-order valence-corrected chi connectivity index (χ3v) is 3.45. The summed E-state index contributed by atoms with van der Waals surface area (Å²) < 4.78 is 0. The van der Waals surface area contributed by atoms with Gasteiger partial charge in [-0.3, -0.25) is 19.9 Å². The van der Waals surface area contributed by atoms with Gasteiger partial charge in [-0.15, -0.1) is 0 Å². The molecule has 1 amide bonds. The standard InChI is InChI=1S/C15H13ClN4O3/c1-15(2,3)14(21)19-12-8(6-17)7-18-13-10(12)4-9(20(22)23)5-11(13)16/h4-5,7H,1-3H3,(H,18,19,21). The molecule has 1 heterocycles. The smallest absolute Gasteiger partial charge is 0.271 e. The lowest BCUT2D eigenvalue weighted by molar-refractivity contribution is -0.384. The fourth-order valence-corrected chi connectivity index (χ4v) is 2.13. The van der Waals surface area contributed by atoms with Crippen LogP contribution in [0.4, 0.5) is 11.4 Å². The Morgan fingerprint density at radius 3 is 2.61 bits per heavy atom. The number of non-ortho nitro benzene ring substituents is 1. The van der Waals surface area contributed by atoms with Crippen LogP contribution in [0.5, 0.6) is 0 Å². The number of carbonyl (C=O) groups is 1. The van der Waals surface area contributed by atoms with E-state index in [1.165, 1.54) is 18.3 Å². The molecule has 118 valence electrons. The molecule has 0 spiro atoms. The van der Waals surface area contributed by atoms with Crippen LogP contribution in [0.15, 0.2) is 18.3 Å². The Balaban J connectivity index is 2.76. The van der Waals surface area contributed by atoms with Gasteiger partial charge in [0.1, 0.15) is 6.07 Å². The van der Waals surface area contributed by atoms with Crippen LogP contribution < -0.4 is 5.32 Å². The van der Waals surface area contributed by atoms with Crippen molar-refractivity contribution in [3.8, 4) is 6.07 Å². The number of halogens is 1. The number of nitro groups is 1. The van der Waals surface area contributed by atoms with Gasteiger partial charge in [-0.25, -0.2) is 0 Å². The monoisotopic (exact) mass is 332 g/mol. The van der Waals surface area contributed by atoms with Gasteiger partial charge in [0.25, 0.3) is 5.69 Å². The number of hydrogen-bond donors (Lipinski definition) is 1. The lowest BCUT2D eigenvalue weighted by Crippen LogP contribution is -2.28. The highest BCUT2D eigenvalue weighted by atomic mass is 35.5. The van der Waals surface area contributed by atoms with Crippen LogP contribution in [0.3, 0.4) is 0 Å². The van der Waals surface area contributed by atoms with Gasteiger partial charge in [-0.05, 0) is 0 Å². The van der Waals surface area contributed by atoms with Gasteiger partial charge >= 0.3 is 0 Å². The van der Waals surface area contributed by atoms with Crippen LogP contribution >= 0.6 is 11.6 Å². The quantitative estimate of drug-likeness (QED) is 0.666. The zero-order chi connectivity index (χ0) is 17.4. The highest BCUT2D eigenvalue weighted by Crippen LogP contribution is 2.34. The van der Waals surface area contributed by atoms with Crippen molar-refractivity contribution in [1.29, 1.82) is 5.26 Å². The van der Waals surface area contributed by atoms with Crippen LogP contribution in [0, 0.1) is 26.9 Å². The number of nitrogens with one attached hydrogen (secondary N) is 1. The van der Waals surface area contributed by atoms with E-state index >= 15 is 0 Å². The fraction of sp³-hybridized carbons (Fsp3) is 0.267. The van der Waals surface area contributed by atoms with Gasteiger partial charge in [0.15, 0.2) is 0 Å². The lowest BCUT2D eigenvalue weighted by Gasteiger charge is -2.19. The summed E-state index contributed by atoms with van der Waals surface area (Å²) in [4.78, 5) is 26.7. The predicted octanol–water partition coefficient (Wildman–Crippen LogP) is 3.65. The number of hydrogen-bond acceptors (Lipinski definition) is 5. The van der Waals surface area contributed by atoms with Crippen LogP contribution in [0.25, 0.3) is 10.9 Å². The SMILES string of the molecule is CC(C)(C)C(=O)Nc1c(C#N)cnc2c(Cl)cc([N+](=O)[O-])cc12. The highest BCUT2D eigenvalue weighted by Gasteiger charge is 2.24. The van der Waals surface area contributed by atoms with Crippen molar-refractivity contribution < 1.29 is 9.72 Å². The first-order valence-electron chi connectivity index (χ1n) is 6.63. The molecule has 7 nitrogen and oxygen atoms in total. The van der Waals surface area contributed by atoms with Crippen LogP contribution in [-0.4, -0.2) is 15.8 Å². The van der Waals surface area contributed by atoms with Crippen LogP contribution in [0.2, 0.25) is 5.02 Å². The van der Waals surface area contributed by atoms with E-state index in [1.54, 1.807) is 20.8 Å². The van der Waals surface area contributed by atoms with E-state index in [0.717, 1.165) is 0 Å². The summed E-state index contributed by atoms with van der Waals surface area (Å²) in [5.74, 6) is -0.330. The molecule has 0 saturated carbocycles. The van der Waals surface area contributed by atoms with E-state index in [9.17, 15) is 20.2 Å².